The summed E-state index contributed by atoms with van der Waals surface area (Å²) in [5, 5.41) is 4.72. The SMILES string of the molecule is Cc1cc2c(N[C@H]3c4ccccc4OC[C@@H]3N3CCOCC3)ncnc2[nH]1. The van der Waals surface area contributed by atoms with Crippen LogP contribution in [0.25, 0.3) is 11.0 Å². The Morgan fingerprint density at radius 3 is 2.93 bits per heavy atom. The largest absolute Gasteiger partial charge is 0.491 e. The summed E-state index contributed by atoms with van der Waals surface area (Å²) in [5.74, 6) is 1.79. The van der Waals surface area contributed by atoms with Crippen LogP contribution < -0.4 is 10.1 Å². The monoisotopic (exact) mass is 365 g/mol. The number of hydrogen-bond acceptors (Lipinski definition) is 6. The van der Waals surface area contributed by atoms with E-state index in [0.717, 1.165) is 54.6 Å². The van der Waals surface area contributed by atoms with Gasteiger partial charge in [0, 0.05) is 24.3 Å². The van der Waals surface area contributed by atoms with Gasteiger partial charge in [-0.15, -0.1) is 0 Å². The quantitative estimate of drug-likeness (QED) is 0.743. The minimum Gasteiger partial charge on any atom is -0.491 e. The second-order valence-electron chi connectivity index (χ2n) is 7.12. The molecule has 0 amide bonds. The summed E-state index contributed by atoms with van der Waals surface area (Å²) < 4.78 is 11.6. The normalized spacial score (nSPS) is 23.0. The number of anilines is 1. The number of hydrogen-bond donors (Lipinski definition) is 2. The third-order valence-electron chi connectivity index (χ3n) is 5.42. The summed E-state index contributed by atoms with van der Waals surface area (Å²) in [6.07, 6.45) is 1.61. The third-order valence-corrected chi connectivity index (χ3v) is 5.42. The molecule has 140 valence electrons. The molecule has 0 radical (unpaired) electrons. The molecule has 0 spiro atoms. The molecular formula is C20H23N5O2. The van der Waals surface area contributed by atoms with Gasteiger partial charge in [0.15, 0.2) is 0 Å². The van der Waals surface area contributed by atoms with Crippen LogP contribution in [-0.4, -0.2) is 58.8 Å². The number of ether oxygens (including phenoxy) is 2. The van der Waals surface area contributed by atoms with Crippen molar-refractivity contribution in [2.24, 2.45) is 0 Å². The summed E-state index contributed by atoms with van der Waals surface area (Å²) in [5.41, 5.74) is 3.10. The summed E-state index contributed by atoms with van der Waals surface area (Å²) in [4.78, 5) is 14.6. The van der Waals surface area contributed by atoms with E-state index in [1.165, 1.54) is 5.56 Å². The van der Waals surface area contributed by atoms with Gasteiger partial charge in [-0.25, -0.2) is 9.97 Å². The zero-order chi connectivity index (χ0) is 18.2. The van der Waals surface area contributed by atoms with Gasteiger partial charge in [0.1, 0.15) is 30.1 Å². The Morgan fingerprint density at radius 2 is 2.04 bits per heavy atom. The van der Waals surface area contributed by atoms with Crippen LogP contribution >= 0.6 is 0 Å². The lowest BCUT2D eigenvalue weighted by molar-refractivity contribution is -0.00341. The number of morpholine rings is 1. The summed E-state index contributed by atoms with van der Waals surface area (Å²) in [6.45, 7) is 6.04. The number of fused-ring (bicyclic) bond motifs is 2. The van der Waals surface area contributed by atoms with Crippen molar-refractivity contribution in [3.63, 3.8) is 0 Å². The van der Waals surface area contributed by atoms with E-state index in [2.05, 4.69) is 43.4 Å². The maximum Gasteiger partial charge on any atom is 0.143 e. The second-order valence-corrected chi connectivity index (χ2v) is 7.12. The fourth-order valence-corrected chi connectivity index (χ4v) is 4.08. The van der Waals surface area contributed by atoms with E-state index < -0.39 is 0 Å². The second kappa shape index (κ2) is 6.83. The fourth-order valence-electron chi connectivity index (χ4n) is 4.08. The highest BCUT2D eigenvalue weighted by Gasteiger charge is 2.36. The van der Waals surface area contributed by atoms with Crippen molar-refractivity contribution >= 4 is 16.9 Å². The Morgan fingerprint density at radius 1 is 1.19 bits per heavy atom. The smallest absolute Gasteiger partial charge is 0.143 e. The van der Waals surface area contributed by atoms with Crippen LogP contribution in [0.15, 0.2) is 36.7 Å². The van der Waals surface area contributed by atoms with Gasteiger partial charge in [0.25, 0.3) is 0 Å². The van der Waals surface area contributed by atoms with E-state index in [1.54, 1.807) is 6.33 Å². The average molecular weight is 365 g/mol. The predicted molar refractivity (Wildman–Crippen MR) is 103 cm³/mol. The van der Waals surface area contributed by atoms with Crippen LogP contribution in [0.5, 0.6) is 5.75 Å². The van der Waals surface area contributed by atoms with Crippen LogP contribution in [0, 0.1) is 6.92 Å². The van der Waals surface area contributed by atoms with E-state index in [4.69, 9.17) is 9.47 Å². The molecule has 1 aromatic carbocycles. The zero-order valence-corrected chi connectivity index (χ0v) is 15.3. The minimum absolute atomic E-state index is 0.0846. The zero-order valence-electron chi connectivity index (χ0n) is 15.3. The maximum atomic E-state index is 6.09. The van der Waals surface area contributed by atoms with Crippen LogP contribution in [0.3, 0.4) is 0 Å². The Balaban J connectivity index is 1.54. The number of aromatic amines is 1. The average Bonchev–Trinajstić information content (AvgIpc) is 3.10. The Kier molecular flexibility index (Phi) is 4.18. The first kappa shape index (κ1) is 16.5. The molecule has 7 heteroatoms. The molecule has 0 aliphatic carbocycles. The predicted octanol–water partition coefficient (Wildman–Crippen LogP) is 2.51. The molecule has 2 aliphatic heterocycles. The number of benzene rings is 1. The maximum absolute atomic E-state index is 6.09. The molecule has 0 unspecified atom stereocenters. The molecule has 27 heavy (non-hydrogen) atoms. The molecule has 4 heterocycles. The molecule has 2 atom stereocenters. The lowest BCUT2D eigenvalue weighted by atomic mass is 9.94. The van der Waals surface area contributed by atoms with E-state index in [1.807, 2.05) is 19.1 Å². The van der Waals surface area contributed by atoms with Gasteiger partial charge in [0.2, 0.25) is 0 Å². The Bertz CT molecular complexity index is 950. The van der Waals surface area contributed by atoms with Crippen LogP contribution in [0.4, 0.5) is 5.82 Å². The van der Waals surface area contributed by atoms with Gasteiger partial charge < -0.3 is 19.8 Å². The van der Waals surface area contributed by atoms with E-state index in [0.29, 0.717) is 6.61 Å². The van der Waals surface area contributed by atoms with Crippen molar-refractivity contribution in [1.82, 2.24) is 19.9 Å². The van der Waals surface area contributed by atoms with Crippen molar-refractivity contribution in [2.75, 3.05) is 38.2 Å². The molecule has 7 nitrogen and oxygen atoms in total. The minimum atomic E-state index is 0.0846. The lowest BCUT2D eigenvalue weighted by Gasteiger charge is -2.42. The van der Waals surface area contributed by atoms with Crippen molar-refractivity contribution < 1.29 is 9.47 Å². The summed E-state index contributed by atoms with van der Waals surface area (Å²) in [7, 11) is 0. The first-order valence-corrected chi connectivity index (χ1v) is 9.40. The molecule has 3 aromatic rings. The number of nitrogens with one attached hydrogen (secondary N) is 2. The number of para-hydroxylation sites is 1. The van der Waals surface area contributed by atoms with Gasteiger partial charge >= 0.3 is 0 Å². The number of nitrogens with zero attached hydrogens (tertiary/aromatic N) is 3. The molecule has 5 rings (SSSR count). The molecule has 0 bridgehead atoms. The van der Waals surface area contributed by atoms with Crippen LogP contribution in [0.2, 0.25) is 0 Å². The number of aryl methyl sites for hydroxylation is 1. The fraction of sp³-hybridized carbons (Fsp3) is 0.400. The highest BCUT2D eigenvalue weighted by Crippen LogP contribution is 2.37. The van der Waals surface area contributed by atoms with Gasteiger partial charge in [-0.05, 0) is 19.1 Å². The molecule has 2 aliphatic rings. The van der Waals surface area contributed by atoms with Crippen molar-refractivity contribution in [3.8, 4) is 5.75 Å². The van der Waals surface area contributed by atoms with Crippen LogP contribution in [0.1, 0.15) is 17.3 Å². The molecule has 0 saturated carbocycles. The van der Waals surface area contributed by atoms with E-state index in [9.17, 15) is 0 Å². The Labute approximate surface area is 157 Å². The molecule has 1 saturated heterocycles. The topological polar surface area (TPSA) is 75.3 Å². The Hall–Kier alpha value is -2.64. The first-order chi connectivity index (χ1) is 13.3. The van der Waals surface area contributed by atoms with E-state index >= 15 is 0 Å². The highest BCUT2D eigenvalue weighted by molar-refractivity contribution is 5.87. The molecule has 2 aromatic heterocycles. The number of rotatable bonds is 3. The van der Waals surface area contributed by atoms with Gasteiger partial charge in [-0.2, -0.15) is 0 Å². The highest BCUT2D eigenvalue weighted by atomic mass is 16.5. The van der Waals surface area contributed by atoms with Crippen molar-refractivity contribution in [1.29, 1.82) is 0 Å². The third kappa shape index (κ3) is 3.02. The van der Waals surface area contributed by atoms with Crippen molar-refractivity contribution in [2.45, 2.75) is 19.0 Å². The summed E-state index contributed by atoms with van der Waals surface area (Å²) >= 11 is 0. The standard InChI is InChI=1S/C20H23N5O2/c1-13-10-15-19(23-13)21-12-22-20(15)24-18-14-4-2-3-5-17(14)27-11-16(18)25-6-8-26-9-7-25/h2-5,10,12,16,18H,6-9,11H2,1H3,(H2,21,22,23,24)/t16-,18-/m0/s1. The lowest BCUT2D eigenvalue weighted by Crippen LogP contribution is -2.52. The molecular weight excluding hydrogens is 342 g/mol. The summed E-state index contributed by atoms with van der Waals surface area (Å²) in [6, 6.07) is 10.6. The molecule has 1 fully saturated rings. The van der Waals surface area contributed by atoms with Gasteiger partial charge in [0.05, 0.1) is 30.7 Å². The number of H-pyrrole nitrogens is 1. The molecule has 2 N–H and O–H groups in total. The number of aromatic nitrogens is 3. The van der Waals surface area contributed by atoms with Gasteiger partial charge in [-0.3, -0.25) is 4.90 Å². The van der Waals surface area contributed by atoms with Gasteiger partial charge in [-0.1, -0.05) is 18.2 Å². The van der Waals surface area contributed by atoms with E-state index in [-0.39, 0.29) is 12.1 Å². The van der Waals surface area contributed by atoms with Crippen molar-refractivity contribution in [3.05, 3.63) is 47.9 Å². The first-order valence-electron chi connectivity index (χ1n) is 9.40. The van der Waals surface area contributed by atoms with Crippen LogP contribution in [-0.2, 0) is 4.74 Å².